The minimum Gasteiger partial charge on any atom is -0.397 e. The molecule has 5 N–H and O–H groups in total. The Balaban J connectivity index is 1.47. The lowest BCUT2D eigenvalue weighted by Crippen LogP contribution is -2.39. The molecule has 4 amide bonds. The van der Waals surface area contributed by atoms with Crippen LogP contribution in [0, 0.1) is 5.92 Å². The first-order chi connectivity index (χ1) is 18.3. The average molecular weight is 532 g/mol. The standard InChI is InChI=1S/C29H30ClN5O3/c1-2-32-29(38)35-17-23(24(18-35)28(37)33-22-14-12-21(30)13-15-22)20-10-7-19(8-11-20)9-16-27(36)34-26-6-4-3-5-25(26)31/h3-16,23-24H,2,17-18,31H2,1H3,(H,32,38)(H,33,37)(H,34,36)/b16-9+/t23-,24+/m1/s1. The van der Waals surface area contributed by atoms with Gasteiger partial charge in [0.05, 0.1) is 17.3 Å². The number of urea groups is 1. The maximum absolute atomic E-state index is 13.3. The van der Waals surface area contributed by atoms with Gasteiger partial charge in [-0.1, -0.05) is 48.0 Å². The summed E-state index contributed by atoms with van der Waals surface area (Å²) < 4.78 is 0. The number of halogens is 1. The number of likely N-dealkylation sites (tertiary alicyclic amines) is 1. The summed E-state index contributed by atoms with van der Waals surface area (Å²) in [5.74, 6) is -1.08. The van der Waals surface area contributed by atoms with Crippen molar-refractivity contribution in [2.45, 2.75) is 12.8 Å². The molecular formula is C29H30ClN5O3. The number of nitrogen functional groups attached to an aromatic ring is 1. The van der Waals surface area contributed by atoms with Crippen LogP contribution in [0.2, 0.25) is 5.02 Å². The number of nitrogens with two attached hydrogens (primary N) is 1. The largest absolute Gasteiger partial charge is 0.397 e. The SMILES string of the molecule is CCNC(=O)N1C[C@H](C(=O)Nc2ccc(Cl)cc2)[C@@H](c2ccc(/C=C/C(=O)Nc3ccccc3N)cc2)C1. The fourth-order valence-corrected chi connectivity index (χ4v) is 4.54. The Kier molecular flexibility index (Phi) is 8.66. The van der Waals surface area contributed by atoms with Crippen LogP contribution in [0.25, 0.3) is 6.08 Å². The number of anilines is 3. The van der Waals surface area contributed by atoms with Crippen LogP contribution in [-0.4, -0.2) is 42.4 Å². The second kappa shape index (κ2) is 12.3. The zero-order valence-corrected chi connectivity index (χ0v) is 21.7. The van der Waals surface area contributed by atoms with Crippen molar-refractivity contribution in [3.05, 3.63) is 95.0 Å². The number of benzene rings is 3. The first kappa shape index (κ1) is 26.8. The van der Waals surface area contributed by atoms with Crippen LogP contribution in [0.5, 0.6) is 0 Å². The van der Waals surface area contributed by atoms with Crippen molar-refractivity contribution in [2.75, 3.05) is 36.0 Å². The highest BCUT2D eigenvalue weighted by Gasteiger charge is 2.40. The van der Waals surface area contributed by atoms with Crippen molar-refractivity contribution in [3.63, 3.8) is 0 Å². The van der Waals surface area contributed by atoms with Gasteiger partial charge in [-0.25, -0.2) is 4.79 Å². The van der Waals surface area contributed by atoms with E-state index in [2.05, 4.69) is 16.0 Å². The molecule has 1 aliphatic rings. The predicted octanol–water partition coefficient (Wildman–Crippen LogP) is 4.96. The summed E-state index contributed by atoms with van der Waals surface area (Å²) in [6, 6.07) is 21.4. The molecule has 1 saturated heterocycles. The van der Waals surface area contributed by atoms with Gasteiger partial charge in [0.2, 0.25) is 11.8 Å². The highest BCUT2D eigenvalue weighted by atomic mass is 35.5. The number of nitrogens with one attached hydrogen (secondary N) is 3. The Hall–Kier alpha value is -4.30. The topological polar surface area (TPSA) is 117 Å². The molecule has 3 aromatic carbocycles. The monoisotopic (exact) mass is 531 g/mol. The van der Waals surface area contributed by atoms with Gasteiger partial charge in [0.25, 0.3) is 0 Å². The van der Waals surface area contributed by atoms with E-state index in [0.29, 0.717) is 41.7 Å². The minimum atomic E-state index is -0.434. The highest BCUT2D eigenvalue weighted by molar-refractivity contribution is 6.30. The van der Waals surface area contributed by atoms with E-state index >= 15 is 0 Å². The van der Waals surface area contributed by atoms with Gasteiger partial charge in [-0.2, -0.15) is 0 Å². The van der Waals surface area contributed by atoms with Gasteiger partial charge in [0.15, 0.2) is 0 Å². The Morgan fingerprint density at radius 2 is 1.68 bits per heavy atom. The molecular weight excluding hydrogens is 502 g/mol. The van der Waals surface area contributed by atoms with E-state index < -0.39 is 5.92 Å². The zero-order chi connectivity index (χ0) is 27.1. The van der Waals surface area contributed by atoms with E-state index in [1.165, 1.54) is 6.08 Å². The van der Waals surface area contributed by atoms with Crippen molar-refractivity contribution in [1.29, 1.82) is 0 Å². The number of nitrogens with zero attached hydrogens (tertiary/aromatic N) is 1. The number of hydrogen-bond acceptors (Lipinski definition) is 4. The van der Waals surface area contributed by atoms with Crippen LogP contribution in [0.1, 0.15) is 24.0 Å². The molecule has 2 atom stereocenters. The number of carbonyl (C=O) groups is 3. The predicted molar refractivity (Wildman–Crippen MR) is 152 cm³/mol. The number of rotatable bonds is 7. The van der Waals surface area contributed by atoms with Crippen LogP contribution in [0.15, 0.2) is 78.9 Å². The third-order valence-electron chi connectivity index (χ3n) is 6.39. The summed E-state index contributed by atoms with van der Waals surface area (Å²) in [7, 11) is 0. The fraction of sp³-hybridized carbons (Fsp3) is 0.207. The van der Waals surface area contributed by atoms with Crippen molar-refractivity contribution in [1.82, 2.24) is 10.2 Å². The third kappa shape index (κ3) is 6.72. The summed E-state index contributed by atoms with van der Waals surface area (Å²) in [4.78, 5) is 39.8. The van der Waals surface area contributed by atoms with E-state index in [4.69, 9.17) is 17.3 Å². The van der Waals surface area contributed by atoms with Gasteiger partial charge in [0, 0.05) is 42.3 Å². The van der Waals surface area contributed by atoms with Crippen molar-refractivity contribution >= 4 is 52.6 Å². The first-order valence-corrected chi connectivity index (χ1v) is 12.7. The van der Waals surface area contributed by atoms with Gasteiger partial charge < -0.3 is 26.6 Å². The summed E-state index contributed by atoms with van der Waals surface area (Å²) in [5.41, 5.74) is 9.33. The normalized spacial score (nSPS) is 16.8. The molecule has 1 heterocycles. The summed E-state index contributed by atoms with van der Waals surface area (Å²) in [5, 5.41) is 9.11. The molecule has 196 valence electrons. The molecule has 3 aromatic rings. The van der Waals surface area contributed by atoms with Gasteiger partial charge in [-0.15, -0.1) is 0 Å². The van der Waals surface area contributed by atoms with E-state index in [1.807, 2.05) is 31.2 Å². The van der Waals surface area contributed by atoms with Crippen LogP contribution in [-0.2, 0) is 9.59 Å². The number of hydrogen-bond donors (Lipinski definition) is 4. The number of amides is 4. The van der Waals surface area contributed by atoms with Gasteiger partial charge >= 0.3 is 6.03 Å². The molecule has 9 heteroatoms. The smallest absolute Gasteiger partial charge is 0.317 e. The summed E-state index contributed by atoms with van der Waals surface area (Å²) in [6.45, 7) is 3.09. The maximum Gasteiger partial charge on any atom is 0.317 e. The molecule has 0 spiro atoms. The number of para-hydroxylation sites is 2. The molecule has 0 unspecified atom stereocenters. The third-order valence-corrected chi connectivity index (χ3v) is 6.65. The van der Waals surface area contributed by atoms with Crippen LogP contribution >= 0.6 is 11.6 Å². The maximum atomic E-state index is 13.3. The van der Waals surface area contributed by atoms with Crippen molar-refractivity contribution in [2.24, 2.45) is 5.92 Å². The van der Waals surface area contributed by atoms with Gasteiger partial charge in [0.1, 0.15) is 0 Å². The van der Waals surface area contributed by atoms with Crippen LogP contribution in [0.3, 0.4) is 0 Å². The molecule has 0 saturated carbocycles. The second-order valence-corrected chi connectivity index (χ2v) is 9.46. The average Bonchev–Trinajstić information content (AvgIpc) is 3.37. The van der Waals surface area contributed by atoms with E-state index in [0.717, 1.165) is 11.1 Å². The van der Waals surface area contributed by atoms with Crippen molar-refractivity contribution in [3.8, 4) is 0 Å². The lowest BCUT2D eigenvalue weighted by molar-refractivity contribution is -0.119. The second-order valence-electron chi connectivity index (χ2n) is 9.03. The van der Waals surface area contributed by atoms with E-state index in [1.54, 1.807) is 59.5 Å². The molecule has 1 aliphatic heterocycles. The highest BCUT2D eigenvalue weighted by Crippen LogP contribution is 2.34. The van der Waals surface area contributed by atoms with Crippen LogP contribution in [0.4, 0.5) is 21.9 Å². The minimum absolute atomic E-state index is 0.162. The first-order valence-electron chi connectivity index (χ1n) is 12.4. The molecule has 0 aliphatic carbocycles. The van der Waals surface area contributed by atoms with Gasteiger partial charge in [-0.05, 0) is 60.5 Å². The lowest BCUT2D eigenvalue weighted by atomic mass is 9.88. The molecule has 38 heavy (non-hydrogen) atoms. The Labute approximate surface area is 226 Å². The van der Waals surface area contributed by atoms with Gasteiger partial charge in [-0.3, -0.25) is 9.59 Å². The number of carbonyl (C=O) groups excluding carboxylic acids is 3. The van der Waals surface area contributed by atoms with Crippen LogP contribution < -0.4 is 21.7 Å². The van der Waals surface area contributed by atoms with E-state index in [9.17, 15) is 14.4 Å². The Morgan fingerprint density at radius 3 is 2.37 bits per heavy atom. The molecule has 1 fully saturated rings. The Morgan fingerprint density at radius 1 is 0.974 bits per heavy atom. The quantitative estimate of drug-likeness (QED) is 0.255. The van der Waals surface area contributed by atoms with Crippen molar-refractivity contribution < 1.29 is 14.4 Å². The molecule has 0 radical (unpaired) electrons. The summed E-state index contributed by atoms with van der Waals surface area (Å²) >= 11 is 5.96. The molecule has 0 bridgehead atoms. The Bertz CT molecular complexity index is 1320. The summed E-state index contributed by atoms with van der Waals surface area (Å²) in [6.07, 6.45) is 3.15. The fourth-order valence-electron chi connectivity index (χ4n) is 4.42. The zero-order valence-electron chi connectivity index (χ0n) is 21.0. The molecule has 8 nitrogen and oxygen atoms in total. The molecule has 4 rings (SSSR count). The van der Waals surface area contributed by atoms with E-state index in [-0.39, 0.29) is 23.8 Å². The lowest BCUT2D eigenvalue weighted by Gasteiger charge is -2.18. The molecule has 0 aromatic heterocycles.